The number of rotatable bonds is 14. The lowest BCUT2D eigenvalue weighted by Crippen LogP contribution is -2.24. The molecule has 1 amide bonds. The molecule has 0 aromatic rings. The highest BCUT2D eigenvalue weighted by Gasteiger charge is 2.40. The largest absolute Gasteiger partial charge is 0.474 e. The van der Waals surface area contributed by atoms with Crippen LogP contribution in [0.4, 0.5) is 0 Å². The van der Waals surface area contributed by atoms with E-state index in [1.54, 1.807) is 0 Å². The van der Waals surface area contributed by atoms with Crippen LogP contribution in [0.5, 0.6) is 0 Å². The number of carbonyl (C=O) groups excluding carboxylic acids is 1. The van der Waals surface area contributed by atoms with Crippen molar-refractivity contribution in [2.24, 2.45) is 5.73 Å². The van der Waals surface area contributed by atoms with E-state index in [0.717, 1.165) is 19.3 Å². The summed E-state index contributed by atoms with van der Waals surface area (Å²) in [6, 6.07) is 0. The summed E-state index contributed by atoms with van der Waals surface area (Å²) < 4.78 is 21.5. The van der Waals surface area contributed by atoms with Gasteiger partial charge in [0.15, 0.2) is 0 Å². The molecule has 9 nitrogen and oxygen atoms in total. The number of nitrogens with one attached hydrogen (secondary N) is 1. The third-order valence-electron chi connectivity index (χ3n) is 3.29. The summed E-state index contributed by atoms with van der Waals surface area (Å²) in [4.78, 5) is 39.7. The maximum atomic E-state index is 11.9. The van der Waals surface area contributed by atoms with Gasteiger partial charge in [-0.25, -0.2) is 4.57 Å². The van der Waals surface area contributed by atoms with Crippen molar-refractivity contribution in [3.8, 4) is 11.8 Å². The Morgan fingerprint density at radius 3 is 2.50 bits per heavy atom. The first-order valence-corrected chi connectivity index (χ1v) is 11.2. The predicted molar refractivity (Wildman–Crippen MR) is 99.8 cm³/mol. The van der Waals surface area contributed by atoms with E-state index in [2.05, 4.69) is 17.2 Å². The second-order valence-corrected chi connectivity index (χ2v) is 8.51. The van der Waals surface area contributed by atoms with Crippen LogP contribution in [-0.4, -0.2) is 45.6 Å². The molecule has 0 aromatic heterocycles. The van der Waals surface area contributed by atoms with Gasteiger partial charge in [0.25, 0.3) is 0 Å². The molecule has 2 unspecified atom stereocenters. The highest BCUT2D eigenvalue weighted by molar-refractivity contribution is 7.50. The molecule has 0 saturated carbocycles. The molecular formula is C15H30N2O7P2. The van der Waals surface area contributed by atoms with Gasteiger partial charge in [0, 0.05) is 13.0 Å². The Kier molecular flexibility index (Phi) is 13.3. The zero-order valence-corrected chi connectivity index (χ0v) is 17.1. The van der Waals surface area contributed by atoms with Crippen molar-refractivity contribution in [3.05, 3.63) is 0 Å². The normalized spacial score (nSPS) is 15.7. The van der Waals surface area contributed by atoms with Crippen molar-refractivity contribution >= 4 is 22.1 Å². The van der Waals surface area contributed by atoms with Crippen molar-refractivity contribution in [3.63, 3.8) is 0 Å². The number of unbranched alkanes of at least 4 members (excludes halogenated alkanes) is 3. The SMILES string of the molecule is CC#CC(C)(OP(=O)(O)OCCCCCCNC(=O)CCCN)P(O)O. The van der Waals surface area contributed by atoms with Crippen molar-refractivity contribution in [1.82, 2.24) is 5.32 Å². The molecule has 11 heteroatoms. The molecule has 0 saturated heterocycles. The Morgan fingerprint density at radius 2 is 1.92 bits per heavy atom. The van der Waals surface area contributed by atoms with Crippen molar-refractivity contribution in [2.75, 3.05) is 19.7 Å². The molecule has 152 valence electrons. The predicted octanol–water partition coefficient (Wildman–Crippen LogP) is 1.57. The number of phosphoric acid groups is 1. The quantitative estimate of drug-likeness (QED) is 0.164. The third-order valence-corrected chi connectivity index (χ3v) is 5.50. The molecule has 0 aliphatic rings. The van der Waals surface area contributed by atoms with Gasteiger partial charge in [-0.15, -0.1) is 5.92 Å². The van der Waals surface area contributed by atoms with Crippen LogP contribution in [-0.2, 0) is 18.4 Å². The number of carbonyl (C=O) groups is 1. The van der Waals surface area contributed by atoms with Gasteiger partial charge in [-0.2, -0.15) is 0 Å². The molecular weight excluding hydrogens is 382 g/mol. The molecule has 0 rings (SSSR count). The highest BCUT2D eigenvalue weighted by atomic mass is 31.2. The smallest absolute Gasteiger partial charge is 0.356 e. The Bertz CT molecular complexity index is 522. The van der Waals surface area contributed by atoms with E-state index in [9.17, 15) is 24.0 Å². The first kappa shape index (κ1) is 25.4. The summed E-state index contributed by atoms with van der Waals surface area (Å²) in [6.45, 7) is 3.72. The standard InChI is InChI=1S/C15H30N2O7P2/c1-3-10-15(2,25(19)20)24-26(21,22)23-13-7-5-4-6-12-17-14(18)9-8-11-16/h19-20H,4-9,11-13,16H2,1-2H3,(H,17,18)(H,21,22). The summed E-state index contributed by atoms with van der Waals surface area (Å²) in [6.07, 6.45) is 4.00. The maximum Gasteiger partial charge on any atom is 0.474 e. The molecule has 26 heavy (non-hydrogen) atoms. The number of hydrogen-bond acceptors (Lipinski definition) is 7. The van der Waals surface area contributed by atoms with E-state index in [1.807, 2.05) is 0 Å². The zero-order chi connectivity index (χ0) is 20.1. The lowest BCUT2D eigenvalue weighted by Gasteiger charge is -2.26. The van der Waals surface area contributed by atoms with E-state index >= 15 is 0 Å². The van der Waals surface area contributed by atoms with Crippen LogP contribution in [0, 0.1) is 11.8 Å². The second-order valence-electron chi connectivity index (χ2n) is 5.70. The summed E-state index contributed by atoms with van der Waals surface area (Å²) in [7, 11) is -7.16. The van der Waals surface area contributed by atoms with Gasteiger partial charge in [0.1, 0.15) is 0 Å². The topological polar surface area (TPSA) is 151 Å². The fourth-order valence-corrected chi connectivity index (χ4v) is 3.65. The minimum atomic E-state index is -4.46. The van der Waals surface area contributed by atoms with Gasteiger partial charge < -0.3 is 25.7 Å². The highest BCUT2D eigenvalue weighted by Crippen LogP contribution is 2.55. The third kappa shape index (κ3) is 11.9. The molecule has 2 atom stereocenters. The van der Waals surface area contributed by atoms with Gasteiger partial charge in [-0.3, -0.25) is 13.8 Å². The monoisotopic (exact) mass is 412 g/mol. The Balaban J connectivity index is 3.93. The van der Waals surface area contributed by atoms with Gasteiger partial charge in [0.2, 0.25) is 19.6 Å². The number of amides is 1. The molecule has 6 N–H and O–H groups in total. The Hall–Kier alpha value is -0.550. The first-order chi connectivity index (χ1) is 12.2. The van der Waals surface area contributed by atoms with E-state index in [0.29, 0.717) is 32.4 Å². The Labute approximate surface area is 156 Å². The first-order valence-electron chi connectivity index (χ1n) is 8.43. The zero-order valence-electron chi connectivity index (χ0n) is 15.3. The molecule has 0 bridgehead atoms. The number of phosphoric ester groups is 1. The molecule has 0 aromatic carbocycles. The van der Waals surface area contributed by atoms with Crippen LogP contribution in [0.3, 0.4) is 0 Å². The van der Waals surface area contributed by atoms with Crippen LogP contribution in [0.1, 0.15) is 52.4 Å². The van der Waals surface area contributed by atoms with Crippen molar-refractivity contribution in [1.29, 1.82) is 0 Å². The summed E-state index contributed by atoms with van der Waals surface area (Å²) >= 11 is 0. The average molecular weight is 412 g/mol. The summed E-state index contributed by atoms with van der Waals surface area (Å²) in [5.74, 6) is 4.78. The average Bonchev–Trinajstić information content (AvgIpc) is 2.54. The fourth-order valence-electron chi connectivity index (χ4n) is 1.93. The fraction of sp³-hybridized carbons (Fsp3) is 0.800. The summed E-state index contributed by atoms with van der Waals surface area (Å²) in [5, 5.41) is 0.941. The van der Waals surface area contributed by atoms with E-state index in [1.165, 1.54) is 13.8 Å². The Morgan fingerprint density at radius 1 is 1.27 bits per heavy atom. The lowest BCUT2D eigenvalue weighted by molar-refractivity contribution is -0.121. The molecule has 0 radical (unpaired) electrons. The van der Waals surface area contributed by atoms with Crippen LogP contribution in [0.15, 0.2) is 0 Å². The molecule has 0 aliphatic heterocycles. The number of nitrogens with two attached hydrogens (primary N) is 1. The van der Waals surface area contributed by atoms with Crippen LogP contribution < -0.4 is 11.1 Å². The van der Waals surface area contributed by atoms with Crippen LogP contribution >= 0.6 is 16.2 Å². The minimum Gasteiger partial charge on any atom is -0.356 e. The van der Waals surface area contributed by atoms with Gasteiger partial charge in [0.05, 0.1) is 6.61 Å². The molecule has 0 heterocycles. The van der Waals surface area contributed by atoms with E-state index < -0.39 is 21.5 Å². The summed E-state index contributed by atoms with van der Waals surface area (Å²) in [5.41, 5.74) is 5.32. The number of hydrogen-bond donors (Lipinski definition) is 5. The molecule has 0 fully saturated rings. The molecule has 0 aliphatic carbocycles. The minimum absolute atomic E-state index is 0.0110. The maximum absolute atomic E-state index is 11.9. The van der Waals surface area contributed by atoms with Crippen molar-refractivity contribution in [2.45, 2.75) is 57.7 Å². The van der Waals surface area contributed by atoms with Gasteiger partial charge in [-0.05, 0) is 39.7 Å². The lowest BCUT2D eigenvalue weighted by atomic mass is 10.2. The van der Waals surface area contributed by atoms with Crippen LogP contribution in [0.25, 0.3) is 0 Å². The van der Waals surface area contributed by atoms with E-state index in [4.69, 9.17) is 14.8 Å². The molecule has 0 spiro atoms. The van der Waals surface area contributed by atoms with E-state index in [-0.39, 0.29) is 12.5 Å². The van der Waals surface area contributed by atoms with Crippen molar-refractivity contribution < 1.29 is 33.1 Å². The van der Waals surface area contributed by atoms with Gasteiger partial charge in [-0.1, -0.05) is 18.8 Å². The van der Waals surface area contributed by atoms with Crippen LogP contribution in [0.2, 0.25) is 0 Å². The van der Waals surface area contributed by atoms with Gasteiger partial charge >= 0.3 is 7.82 Å². The second kappa shape index (κ2) is 13.6.